The molecule has 20 heavy (non-hydrogen) atoms. The molecular weight excluding hydrogens is 337 g/mol. The zero-order valence-corrected chi connectivity index (χ0v) is 11.8. The fourth-order valence-electron chi connectivity index (χ4n) is 1.70. The summed E-state index contributed by atoms with van der Waals surface area (Å²) in [6.07, 6.45) is -3.78. The molecule has 1 aromatic carbocycles. The van der Waals surface area contributed by atoms with Gasteiger partial charge in [-0.1, -0.05) is 34.8 Å². The summed E-state index contributed by atoms with van der Waals surface area (Å²) in [7, 11) is 0. The monoisotopic (exact) mass is 341 g/mol. The largest absolute Gasteiger partial charge is 0.417 e. The van der Waals surface area contributed by atoms with E-state index in [1.165, 1.54) is 6.07 Å². The van der Waals surface area contributed by atoms with Crippen LogP contribution in [0.25, 0.3) is 11.1 Å². The van der Waals surface area contributed by atoms with E-state index in [9.17, 15) is 18.0 Å². The zero-order valence-electron chi connectivity index (χ0n) is 9.49. The van der Waals surface area contributed by atoms with Crippen molar-refractivity contribution in [3.05, 3.63) is 55.4 Å². The first-order valence-corrected chi connectivity index (χ1v) is 6.29. The van der Waals surface area contributed by atoms with Gasteiger partial charge in [0, 0.05) is 11.8 Å². The summed E-state index contributed by atoms with van der Waals surface area (Å²) in [6.45, 7) is 0. The molecule has 0 atom stereocenters. The summed E-state index contributed by atoms with van der Waals surface area (Å²) in [5.74, 6) is 0. The number of halogens is 6. The molecule has 0 saturated heterocycles. The van der Waals surface area contributed by atoms with E-state index in [-0.39, 0.29) is 20.6 Å². The molecule has 2 aromatic rings. The normalized spacial score (nSPS) is 11.7. The van der Waals surface area contributed by atoms with E-state index in [1.807, 2.05) is 0 Å². The van der Waals surface area contributed by atoms with Gasteiger partial charge in [0.15, 0.2) is 0 Å². The standard InChI is InChI=1S/C12H5Cl3F3NO/c13-7-4-9(15)8(14)3-5(7)10-6(12(16,17)18)1-2-19-11(10)20/h1-4H,(H,19,20). The van der Waals surface area contributed by atoms with Gasteiger partial charge in [0.1, 0.15) is 0 Å². The number of nitrogens with one attached hydrogen (secondary N) is 1. The minimum absolute atomic E-state index is 0.00226. The van der Waals surface area contributed by atoms with E-state index >= 15 is 0 Å². The molecule has 0 saturated carbocycles. The number of benzene rings is 1. The van der Waals surface area contributed by atoms with Crippen LogP contribution in [0.4, 0.5) is 13.2 Å². The summed E-state index contributed by atoms with van der Waals surface area (Å²) >= 11 is 17.4. The third kappa shape index (κ3) is 2.80. The summed E-state index contributed by atoms with van der Waals surface area (Å²) in [4.78, 5) is 13.9. The van der Waals surface area contributed by atoms with Gasteiger partial charge < -0.3 is 4.98 Å². The Kier molecular flexibility index (Phi) is 4.04. The van der Waals surface area contributed by atoms with Crippen LogP contribution in [-0.2, 0) is 6.18 Å². The molecule has 0 aliphatic rings. The summed E-state index contributed by atoms with van der Waals surface area (Å²) in [6, 6.07) is 3.08. The average molecular weight is 343 g/mol. The Morgan fingerprint density at radius 2 is 1.60 bits per heavy atom. The number of aromatic amines is 1. The van der Waals surface area contributed by atoms with Crippen molar-refractivity contribution in [1.29, 1.82) is 0 Å². The Morgan fingerprint density at radius 3 is 2.20 bits per heavy atom. The Hall–Kier alpha value is -1.17. The van der Waals surface area contributed by atoms with Gasteiger partial charge in [0.05, 0.1) is 26.2 Å². The third-order valence-electron chi connectivity index (χ3n) is 2.55. The van der Waals surface area contributed by atoms with Crippen LogP contribution in [0.2, 0.25) is 15.1 Å². The third-order valence-corrected chi connectivity index (χ3v) is 3.58. The van der Waals surface area contributed by atoms with Gasteiger partial charge in [0.25, 0.3) is 5.56 Å². The SMILES string of the molecule is O=c1[nH]ccc(C(F)(F)F)c1-c1cc(Cl)c(Cl)cc1Cl. The molecule has 0 radical (unpaired) electrons. The lowest BCUT2D eigenvalue weighted by atomic mass is 10.0. The highest BCUT2D eigenvalue weighted by Gasteiger charge is 2.35. The van der Waals surface area contributed by atoms with Crippen molar-refractivity contribution in [2.75, 3.05) is 0 Å². The van der Waals surface area contributed by atoms with Crippen molar-refractivity contribution < 1.29 is 13.2 Å². The predicted octanol–water partition coefficient (Wildman–Crippen LogP) is 5.02. The van der Waals surface area contributed by atoms with Gasteiger partial charge in [-0.25, -0.2) is 0 Å². The number of aromatic nitrogens is 1. The van der Waals surface area contributed by atoms with Crippen LogP contribution in [0.5, 0.6) is 0 Å². The Bertz CT molecular complexity index is 725. The molecule has 0 unspecified atom stereocenters. The number of hydrogen-bond donors (Lipinski definition) is 1. The summed E-state index contributed by atoms with van der Waals surface area (Å²) < 4.78 is 38.9. The minimum Gasteiger partial charge on any atom is -0.329 e. The lowest BCUT2D eigenvalue weighted by Crippen LogP contribution is -2.17. The number of rotatable bonds is 1. The van der Waals surface area contributed by atoms with E-state index < -0.39 is 22.9 Å². The highest BCUT2D eigenvalue weighted by Crippen LogP contribution is 2.39. The first-order chi connectivity index (χ1) is 9.21. The number of pyridine rings is 1. The molecule has 2 rings (SSSR count). The number of H-pyrrole nitrogens is 1. The van der Waals surface area contributed by atoms with Crippen LogP contribution >= 0.6 is 34.8 Å². The quantitative estimate of drug-likeness (QED) is 0.725. The van der Waals surface area contributed by atoms with Crippen molar-refractivity contribution in [2.24, 2.45) is 0 Å². The molecule has 106 valence electrons. The molecule has 0 amide bonds. The predicted molar refractivity (Wildman–Crippen MR) is 72.5 cm³/mol. The molecule has 0 aliphatic carbocycles. The molecule has 0 spiro atoms. The van der Waals surface area contributed by atoms with E-state index in [0.717, 1.165) is 18.3 Å². The topological polar surface area (TPSA) is 32.9 Å². The maximum Gasteiger partial charge on any atom is 0.417 e. The second-order valence-electron chi connectivity index (χ2n) is 3.84. The van der Waals surface area contributed by atoms with E-state index in [2.05, 4.69) is 4.98 Å². The molecule has 1 heterocycles. The van der Waals surface area contributed by atoms with Gasteiger partial charge >= 0.3 is 6.18 Å². The number of alkyl halides is 3. The number of hydrogen-bond acceptors (Lipinski definition) is 1. The van der Waals surface area contributed by atoms with Gasteiger partial charge in [-0.2, -0.15) is 13.2 Å². The first-order valence-electron chi connectivity index (χ1n) is 5.15. The average Bonchev–Trinajstić information content (AvgIpc) is 2.33. The summed E-state index contributed by atoms with van der Waals surface area (Å²) in [5.41, 5.74) is -2.74. The molecule has 1 N–H and O–H groups in total. The second kappa shape index (κ2) is 5.31. The maximum absolute atomic E-state index is 13.0. The summed E-state index contributed by atoms with van der Waals surface area (Å²) in [5, 5.41) is -0.00891. The fraction of sp³-hybridized carbons (Fsp3) is 0.0833. The maximum atomic E-state index is 13.0. The van der Waals surface area contributed by atoms with Crippen LogP contribution in [0.3, 0.4) is 0 Å². The van der Waals surface area contributed by atoms with E-state index in [4.69, 9.17) is 34.8 Å². The van der Waals surface area contributed by atoms with Crippen molar-refractivity contribution >= 4 is 34.8 Å². The van der Waals surface area contributed by atoms with E-state index in [0.29, 0.717) is 0 Å². The lowest BCUT2D eigenvalue weighted by Gasteiger charge is -2.13. The van der Waals surface area contributed by atoms with Crippen LogP contribution in [0.15, 0.2) is 29.2 Å². The van der Waals surface area contributed by atoms with E-state index in [1.54, 1.807) is 0 Å². The molecule has 8 heteroatoms. The van der Waals surface area contributed by atoms with Gasteiger partial charge in [-0.3, -0.25) is 4.79 Å². The van der Waals surface area contributed by atoms with Crippen LogP contribution in [-0.4, -0.2) is 4.98 Å². The van der Waals surface area contributed by atoms with Crippen molar-refractivity contribution in [3.63, 3.8) is 0 Å². The van der Waals surface area contributed by atoms with Crippen molar-refractivity contribution in [1.82, 2.24) is 4.98 Å². The smallest absolute Gasteiger partial charge is 0.329 e. The highest BCUT2D eigenvalue weighted by atomic mass is 35.5. The van der Waals surface area contributed by atoms with Crippen molar-refractivity contribution in [3.8, 4) is 11.1 Å². The Labute approximate surface area is 126 Å². The van der Waals surface area contributed by atoms with Crippen LogP contribution in [0.1, 0.15) is 5.56 Å². The van der Waals surface area contributed by atoms with Gasteiger partial charge in [0.2, 0.25) is 0 Å². The van der Waals surface area contributed by atoms with Crippen LogP contribution in [0, 0.1) is 0 Å². The van der Waals surface area contributed by atoms with Crippen LogP contribution < -0.4 is 5.56 Å². The molecule has 0 bridgehead atoms. The lowest BCUT2D eigenvalue weighted by molar-refractivity contribution is -0.137. The Balaban J connectivity index is 2.83. The van der Waals surface area contributed by atoms with Gasteiger partial charge in [-0.05, 0) is 18.2 Å². The minimum atomic E-state index is -4.70. The first kappa shape index (κ1) is 15.2. The van der Waals surface area contributed by atoms with Crippen molar-refractivity contribution in [2.45, 2.75) is 6.18 Å². The Morgan fingerprint density at radius 1 is 1.00 bits per heavy atom. The molecule has 0 fully saturated rings. The highest BCUT2D eigenvalue weighted by molar-refractivity contribution is 6.44. The second-order valence-corrected chi connectivity index (χ2v) is 5.06. The zero-order chi connectivity index (χ0) is 15.1. The fourth-order valence-corrected chi connectivity index (χ4v) is 2.34. The molecule has 2 nitrogen and oxygen atoms in total. The van der Waals surface area contributed by atoms with Gasteiger partial charge in [-0.15, -0.1) is 0 Å². The molecular formula is C12H5Cl3F3NO. The molecule has 0 aliphatic heterocycles. The molecule has 1 aromatic heterocycles.